The molecule has 1 aliphatic rings. The largest absolute Gasteiger partial charge is 0.507 e. The predicted molar refractivity (Wildman–Crippen MR) is 91.4 cm³/mol. The van der Waals surface area contributed by atoms with Crippen molar-refractivity contribution in [3.05, 3.63) is 28.7 Å². The molecule has 0 aliphatic carbocycles. The summed E-state index contributed by atoms with van der Waals surface area (Å²) >= 11 is 6.29. The van der Waals surface area contributed by atoms with Crippen LogP contribution >= 0.6 is 24.0 Å². The molecule has 1 aliphatic heterocycles. The molecule has 0 radical (unpaired) electrons. The number of methoxy groups -OCH3 is 1. The first-order valence-electron chi connectivity index (χ1n) is 6.76. The van der Waals surface area contributed by atoms with Gasteiger partial charge >= 0.3 is 5.97 Å². The summed E-state index contributed by atoms with van der Waals surface area (Å²) in [7, 11) is 1.50. The summed E-state index contributed by atoms with van der Waals surface area (Å²) in [6.07, 6.45) is 1.88. The molecule has 122 valence electrons. The molecule has 0 spiro atoms. The van der Waals surface area contributed by atoms with Crippen molar-refractivity contribution >= 4 is 46.3 Å². The molecule has 0 atom stereocenters. The van der Waals surface area contributed by atoms with Gasteiger partial charge in [-0.05, 0) is 24.6 Å². The zero-order valence-electron chi connectivity index (χ0n) is 12.3. The number of hydrogen-bond acceptors (Lipinski definition) is 6. The second-order valence-electron chi connectivity index (χ2n) is 4.76. The average Bonchev–Trinajstić information content (AvgIpc) is 2.76. The van der Waals surface area contributed by atoms with Gasteiger partial charge in [-0.15, -0.1) is 0 Å². The van der Waals surface area contributed by atoms with Crippen LogP contribution < -0.4 is 4.74 Å². The quantitative estimate of drug-likeness (QED) is 0.600. The number of carboxylic acid groups (broad SMARTS) is 1. The summed E-state index contributed by atoms with van der Waals surface area (Å²) in [5.41, 5.74) is 0.483. The molecule has 1 heterocycles. The predicted octanol–water partition coefficient (Wildman–Crippen LogP) is 2.47. The van der Waals surface area contributed by atoms with E-state index in [1.807, 2.05) is 0 Å². The van der Waals surface area contributed by atoms with Crippen LogP contribution in [-0.2, 0) is 9.59 Å². The number of carbonyl (C=O) groups is 2. The van der Waals surface area contributed by atoms with E-state index in [9.17, 15) is 14.7 Å². The second kappa shape index (κ2) is 7.47. The molecule has 2 rings (SSSR count). The first kappa shape index (κ1) is 17.3. The number of amides is 1. The number of thioether (sulfide) groups is 1. The number of aromatic hydroxyl groups is 1. The van der Waals surface area contributed by atoms with Gasteiger partial charge in [0.05, 0.1) is 12.0 Å². The van der Waals surface area contributed by atoms with Crippen LogP contribution in [0.1, 0.15) is 18.4 Å². The Kier molecular flexibility index (Phi) is 5.62. The molecule has 1 aromatic carbocycles. The molecule has 0 aromatic heterocycles. The molecule has 23 heavy (non-hydrogen) atoms. The summed E-state index contributed by atoms with van der Waals surface area (Å²) in [5.74, 6) is -0.670. The van der Waals surface area contributed by atoms with E-state index < -0.39 is 5.97 Å². The van der Waals surface area contributed by atoms with E-state index in [1.165, 1.54) is 18.1 Å². The van der Waals surface area contributed by atoms with E-state index in [0.29, 0.717) is 27.0 Å². The highest BCUT2D eigenvalue weighted by Gasteiger charge is 2.31. The number of aliphatic carboxylic acids is 1. The lowest BCUT2D eigenvalue weighted by atomic mass is 10.1. The fraction of sp³-hybridized carbons (Fsp3) is 0.267. The third kappa shape index (κ3) is 4.23. The molecule has 0 bridgehead atoms. The molecular formula is C15H15NO5S2. The molecule has 1 saturated heterocycles. The number of nitrogens with zero attached hydrogens (tertiary/aromatic N) is 1. The van der Waals surface area contributed by atoms with E-state index in [-0.39, 0.29) is 24.6 Å². The second-order valence-corrected chi connectivity index (χ2v) is 6.43. The Labute approximate surface area is 142 Å². The van der Waals surface area contributed by atoms with E-state index in [2.05, 4.69) is 0 Å². The normalized spacial score (nSPS) is 16.2. The standard InChI is InChI=1S/C15H15NO5S2/c1-21-10-5-4-9(11(17)8-10)7-12-14(20)16(15(22)23-12)6-2-3-13(18)19/h4-5,7-8,17H,2-3,6H2,1H3,(H,18,19). The van der Waals surface area contributed by atoms with Gasteiger partial charge in [-0.3, -0.25) is 14.5 Å². The molecule has 1 aromatic rings. The summed E-state index contributed by atoms with van der Waals surface area (Å²) in [6, 6.07) is 4.78. The molecule has 1 fully saturated rings. The van der Waals surface area contributed by atoms with Crippen LogP contribution in [0.4, 0.5) is 0 Å². The van der Waals surface area contributed by atoms with Gasteiger partial charge in [-0.25, -0.2) is 0 Å². The van der Waals surface area contributed by atoms with E-state index in [0.717, 1.165) is 11.8 Å². The number of carbonyl (C=O) groups excluding carboxylic acids is 1. The van der Waals surface area contributed by atoms with E-state index in [1.54, 1.807) is 18.2 Å². The summed E-state index contributed by atoms with van der Waals surface area (Å²) < 4.78 is 5.40. The van der Waals surface area contributed by atoms with Crippen molar-refractivity contribution in [2.24, 2.45) is 0 Å². The van der Waals surface area contributed by atoms with E-state index >= 15 is 0 Å². The van der Waals surface area contributed by atoms with Crippen LogP contribution in [0.15, 0.2) is 23.1 Å². The lowest BCUT2D eigenvalue weighted by molar-refractivity contribution is -0.137. The number of phenols is 1. The first-order chi connectivity index (χ1) is 10.9. The molecule has 8 heteroatoms. The number of ether oxygens (including phenoxy) is 1. The van der Waals surface area contributed by atoms with Gasteiger partial charge in [0, 0.05) is 24.6 Å². The topological polar surface area (TPSA) is 87.1 Å². The highest BCUT2D eigenvalue weighted by Crippen LogP contribution is 2.35. The number of benzene rings is 1. The molecular weight excluding hydrogens is 338 g/mol. The molecule has 1 amide bonds. The molecule has 2 N–H and O–H groups in total. The summed E-state index contributed by atoms with van der Waals surface area (Å²) in [4.78, 5) is 24.6. The number of carboxylic acids is 1. The first-order valence-corrected chi connectivity index (χ1v) is 7.99. The van der Waals surface area contributed by atoms with Gasteiger partial charge < -0.3 is 14.9 Å². The van der Waals surface area contributed by atoms with Gasteiger partial charge in [-0.2, -0.15) is 0 Å². The van der Waals surface area contributed by atoms with Crippen LogP contribution in [0.25, 0.3) is 6.08 Å². The van der Waals surface area contributed by atoms with Crippen molar-refractivity contribution in [2.75, 3.05) is 13.7 Å². The molecule has 0 saturated carbocycles. The SMILES string of the molecule is COc1ccc(C=C2SC(=S)N(CCCC(=O)O)C2=O)c(O)c1. The third-order valence-corrected chi connectivity index (χ3v) is 4.55. The Morgan fingerprint density at radius 3 is 2.83 bits per heavy atom. The van der Waals surface area contributed by atoms with Gasteiger partial charge in [0.2, 0.25) is 0 Å². The lowest BCUT2D eigenvalue weighted by Crippen LogP contribution is -2.29. The Bertz CT molecular complexity index is 686. The van der Waals surface area contributed by atoms with Gasteiger partial charge in [0.1, 0.15) is 15.8 Å². The zero-order valence-corrected chi connectivity index (χ0v) is 13.9. The zero-order chi connectivity index (χ0) is 17.0. The molecule has 0 unspecified atom stereocenters. The highest BCUT2D eigenvalue weighted by atomic mass is 32.2. The third-order valence-electron chi connectivity index (χ3n) is 3.17. The fourth-order valence-corrected chi connectivity index (χ4v) is 3.29. The Hall–Kier alpha value is -2.06. The maximum atomic E-state index is 12.3. The van der Waals surface area contributed by atoms with Crippen molar-refractivity contribution in [1.29, 1.82) is 0 Å². The minimum Gasteiger partial charge on any atom is -0.507 e. The monoisotopic (exact) mass is 353 g/mol. The fourth-order valence-electron chi connectivity index (χ4n) is 1.99. The van der Waals surface area contributed by atoms with Gasteiger partial charge in [-0.1, -0.05) is 24.0 Å². The minimum atomic E-state index is -0.908. The van der Waals surface area contributed by atoms with Crippen LogP contribution in [0.3, 0.4) is 0 Å². The maximum Gasteiger partial charge on any atom is 0.303 e. The maximum absolute atomic E-state index is 12.3. The van der Waals surface area contributed by atoms with Crippen molar-refractivity contribution in [1.82, 2.24) is 4.90 Å². The Morgan fingerprint density at radius 2 is 2.22 bits per heavy atom. The average molecular weight is 353 g/mol. The Morgan fingerprint density at radius 1 is 1.48 bits per heavy atom. The number of hydrogen-bond donors (Lipinski definition) is 2. The minimum absolute atomic E-state index is 0.000459. The van der Waals surface area contributed by atoms with Crippen LogP contribution in [0, 0.1) is 0 Å². The summed E-state index contributed by atoms with van der Waals surface area (Å²) in [6.45, 7) is 0.267. The van der Waals surface area contributed by atoms with Crippen molar-refractivity contribution in [2.45, 2.75) is 12.8 Å². The van der Waals surface area contributed by atoms with Gasteiger partial charge in [0.15, 0.2) is 0 Å². The smallest absolute Gasteiger partial charge is 0.303 e. The van der Waals surface area contributed by atoms with Crippen molar-refractivity contribution in [3.8, 4) is 11.5 Å². The number of rotatable bonds is 6. The van der Waals surface area contributed by atoms with E-state index in [4.69, 9.17) is 22.1 Å². The van der Waals surface area contributed by atoms with Crippen LogP contribution in [0.2, 0.25) is 0 Å². The summed E-state index contributed by atoms with van der Waals surface area (Å²) in [5, 5.41) is 18.6. The molecule has 6 nitrogen and oxygen atoms in total. The highest BCUT2D eigenvalue weighted by molar-refractivity contribution is 8.26. The number of thiocarbonyl (C=S) groups is 1. The van der Waals surface area contributed by atoms with Crippen molar-refractivity contribution < 1.29 is 24.5 Å². The number of phenolic OH excluding ortho intramolecular Hbond substituents is 1. The van der Waals surface area contributed by atoms with Gasteiger partial charge in [0.25, 0.3) is 5.91 Å². The van der Waals surface area contributed by atoms with Crippen molar-refractivity contribution in [3.63, 3.8) is 0 Å². The van der Waals surface area contributed by atoms with Crippen LogP contribution in [0.5, 0.6) is 11.5 Å². The Balaban J connectivity index is 2.13. The van der Waals surface area contributed by atoms with Crippen LogP contribution in [-0.4, -0.2) is 45.0 Å². The lowest BCUT2D eigenvalue weighted by Gasteiger charge is -2.13.